The van der Waals surface area contributed by atoms with E-state index < -0.39 is 30.4 Å². The van der Waals surface area contributed by atoms with E-state index in [-0.39, 0.29) is 36.4 Å². The van der Waals surface area contributed by atoms with Crippen LogP contribution < -0.4 is 5.32 Å². The molecule has 0 saturated carbocycles. The van der Waals surface area contributed by atoms with Crippen LogP contribution >= 0.6 is 22.9 Å². The van der Waals surface area contributed by atoms with Gasteiger partial charge in [0.05, 0.1) is 38.0 Å². The molecule has 0 radical (unpaired) electrons. The van der Waals surface area contributed by atoms with Crippen LogP contribution in [0.4, 0.5) is 4.39 Å². The lowest BCUT2D eigenvalue weighted by molar-refractivity contribution is -0.144. The lowest BCUT2D eigenvalue weighted by atomic mass is 9.95. The Bertz CT molecular complexity index is 1190. The van der Waals surface area contributed by atoms with E-state index in [2.05, 4.69) is 10.3 Å². The van der Waals surface area contributed by atoms with Crippen molar-refractivity contribution in [1.82, 2.24) is 15.2 Å². The van der Waals surface area contributed by atoms with Crippen LogP contribution in [0.25, 0.3) is 0 Å². The largest absolute Gasteiger partial charge is 0.480 e. The zero-order valence-corrected chi connectivity index (χ0v) is 21.6. The summed E-state index contributed by atoms with van der Waals surface area (Å²) in [4.78, 5) is 35.3. The molecule has 2 aliphatic rings. The SMILES string of the molecule is CCOC(=O)C1=C(CN2CCOCC2COCC(=O)O)NC(c2nccs2)=NC1c1ccc(F)cc1Cl. The molecule has 0 amide bonds. The number of nitrogens with zero attached hydrogens (tertiary/aromatic N) is 3. The van der Waals surface area contributed by atoms with Gasteiger partial charge in [0.25, 0.3) is 0 Å². The fourth-order valence-corrected chi connectivity index (χ4v) is 4.96. The number of thiazole rings is 1. The van der Waals surface area contributed by atoms with Gasteiger partial charge in [-0.1, -0.05) is 17.7 Å². The van der Waals surface area contributed by atoms with Gasteiger partial charge in [0.1, 0.15) is 18.5 Å². The van der Waals surface area contributed by atoms with Crippen molar-refractivity contribution in [1.29, 1.82) is 0 Å². The van der Waals surface area contributed by atoms with E-state index in [9.17, 15) is 14.0 Å². The number of aromatic nitrogens is 1. The van der Waals surface area contributed by atoms with Crippen LogP contribution in [-0.4, -0.2) is 84.9 Å². The van der Waals surface area contributed by atoms with E-state index in [1.165, 1.54) is 29.5 Å². The average Bonchev–Trinajstić information content (AvgIpc) is 3.40. The Labute approximate surface area is 221 Å². The van der Waals surface area contributed by atoms with E-state index in [1.54, 1.807) is 13.1 Å². The molecular weight excluding hydrogens is 527 g/mol. The minimum atomic E-state index is -1.06. The van der Waals surface area contributed by atoms with Gasteiger partial charge in [0.2, 0.25) is 0 Å². The maximum atomic E-state index is 13.9. The molecule has 0 spiro atoms. The molecule has 2 atom stereocenters. The Morgan fingerprint density at radius 3 is 2.95 bits per heavy atom. The number of nitrogens with one attached hydrogen (secondary N) is 1. The summed E-state index contributed by atoms with van der Waals surface area (Å²) in [6, 6.07) is 2.83. The zero-order chi connectivity index (χ0) is 26.4. The van der Waals surface area contributed by atoms with Crippen molar-refractivity contribution in [3.63, 3.8) is 0 Å². The van der Waals surface area contributed by atoms with Crippen LogP contribution in [0, 0.1) is 5.82 Å². The number of rotatable bonds is 10. The number of aliphatic carboxylic acids is 1. The molecule has 2 N–H and O–H groups in total. The van der Waals surface area contributed by atoms with Crippen molar-refractivity contribution in [2.75, 3.05) is 46.1 Å². The molecule has 0 bridgehead atoms. The first-order valence-corrected chi connectivity index (χ1v) is 12.8. The molecule has 1 fully saturated rings. The number of carboxylic acids is 1. The molecule has 2 aliphatic heterocycles. The first kappa shape index (κ1) is 27.1. The van der Waals surface area contributed by atoms with Gasteiger partial charge < -0.3 is 24.6 Å². The number of hydrogen-bond donors (Lipinski definition) is 2. The summed E-state index contributed by atoms with van der Waals surface area (Å²) in [6.07, 6.45) is 1.64. The summed E-state index contributed by atoms with van der Waals surface area (Å²) < 4.78 is 30.2. The van der Waals surface area contributed by atoms with Gasteiger partial charge in [-0.05, 0) is 19.1 Å². The number of halogens is 2. The highest BCUT2D eigenvalue weighted by Crippen LogP contribution is 2.37. The number of morpholine rings is 1. The monoisotopic (exact) mass is 552 g/mol. The van der Waals surface area contributed by atoms with Crippen LogP contribution in [0.2, 0.25) is 5.02 Å². The minimum absolute atomic E-state index is 0.126. The summed E-state index contributed by atoms with van der Waals surface area (Å²) in [5, 5.41) is 14.7. The van der Waals surface area contributed by atoms with Gasteiger partial charge in [0, 0.05) is 40.9 Å². The topological polar surface area (TPSA) is 123 Å². The molecule has 198 valence electrons. The number of carboxylic acid groups (broad SMARTS) is 1. The van der Waals surface area contributed by atoms with Crippen molar-refractivity contribution in [2.24, 2.45) is 4.99 Å². The average molecular weight is 553 g/mol. The fraction of sp³-hybridized carbons (Fsp3) is 0.417. The van der Waals surface area contributed by atoms with Crippen LogP contribution in [-0.2, 0) is 23.8 Å². The van der Waals surface area contributed by atoms with Crippen molar-refractivity contribution in [3.05, 3.63) is 62.5 Å². The van der Waals surface area contributed by atoms with Gasteiger partial charge in [-0.3, -0.25) is 9.89 Å². The Morgan fingerprint density at radius 1 is 1.41 bits per heavy atom. The lowest BCUT2D eigenvalue weighted by Gasteiger charge is -2.37. The van der Waals surface area contributed by atoms with Crippen molar-refractivity contribution in [2.45, 2.75) is 19.0 Å². The summed E-state index contributed by atoms with van der Waals surface area (Å²) >= 11 is 7.79. The molecular formula is C24H26ClFN4O6S. The maximum Gasteiger partial charge on any atom is 0.338 e. The second kappa shape index (κ2) is 12.6. The van der Waals surface area contributed by atoms with Crippen molar-refractivity contribution < 1.29 is 33.3 Å². The number of benzene rings is 1. The van der Waals surface area contributed by atoms with Crippen LogP contribution in [0.5, 0.6) is 0 Å². The number of esters is 1. The van der Waals surface area contributed by atoms with E-state index in [1.807, 2.05) is 10.3 Å². The van der Waals surface area contributed by atoms with Gasteiger partial charge in [-0.15, -0.1) is 11.3 Å². The maximum absolute atomic E-state index is 13.9. The number of ether oxygens (including phenoxy) is 3. The first-order valence-electron chi connectivity index (χ1n) is 11.6. The number of carbonyl (C=O) groups is 2. The molecule has 1 saturated heterocycles. The molecule has 10 nitrogen and oxygen atoms in total. The van der Waals surface area contributed by atoms with Gasteiger partial charge >= 0.3 is 11.9 Å². The van der Waals surface area contributed by atoms with Crippen molar-refractivity contribution >= 4 is 40.7 Å². The zero-order valence-electron chi connectivity index (χ0n) is 20.0. The summed E-state index contributed by atoms with van der Waals surface area (Å²) in [5.41, 5.74) is 1.21. The van der Waals surface area contributed by atoms with Gasteiger partial charge in [0.15, 0.2) is 10.8 Å². The van der Waals surface area contributed by atoms with Crippen molar-refractivity contribution in [3.8, 4) is 0 Å². The number of amidine groups is 1. The molecule has 13 heteroatoms. The quantitative estimate of drug-likeness (QED) is 0.428. The van der Waals surface area contributed by atoms with Crippen LogP contribution in [0.1, 0.15) is 23.5 Å². The van der Waals surface area contributed by atoms with Crippen LogP contribution in [0.15, 0.2) is 46.0 Å². The third-order valence-electron chi connectivity index (χ3n) is 5.76. The number of aliphatic imine (C=N–C) groups is 1. The standard InChI is InChI=1S/C24H26ClFN4O6S/c1-2-36-24(33)20-18(10-30-6-7-34-11-15(30)12-35-13-19(31)32)28-22(23-27-5-8-37-23)29-21(20)16-4-3-14(26)9-17(16)25/h3-5,8-9,15,21H,2,6-7,10-13H2,1H3,(H,28,29)(H,31,32). The van der Waals surface area contributed by atoms with E-state index in [0.29, 0.717) is 41.9 Å². The molecule has 4 rings (SSSR count). The van der Waals surface area contributed by atoms with E-state index >= 15 is 0 Å². The Kier molecular flexibility index (Phi) is 9.22. The number of hydrogen-bond acceptors (Lipinski definition) is 10. The summed E-state index contributed by atoms with van der Waals surface area (Å²) in [7, 11) is 0. The molecule has 1 aromatic carbocycles. The molecule has 1 aromatic heterocycles. The highest BCUT2D eigenvalue weighted by molar-refractivity contribution is 7.11. The predicted molar refractivity (Wildman–Crippen MR) is 134 cm³/mol. The Balaban J connectivity index is 1.74. The van der Waals surface area contributed by atoms with E-state index in [0.717, 1.165) is 0 Å². The lowest BCUT2D eigenvalue weighted by Crippen LogP contribution is -2.51. The van der Waals surface area contributed by atoms with Crippen LogP contribution in [0.3, 0.4) is 0 Å². The smallest absolute Gasteiger partial charge is 0.338 e. The molecule has 2 unspecified atom stereocenters. The van der Waals surface area contributed by atoms with E-state index in [4.69, 9.17) is 35.9 Å². The molecule has 3 heterocycles. The third kappa shape index (κ3) is 6.70. The highest BCUT2D eigenvalue weighted by atomic mass is 35.5. The second-order valence-electron chi connectivity index (χ2n) is 8.23. The number of carbonyl (C=O) groups excluding carboxylic acids is 1. The minimum Gasteiger partial charge on any atom is -0.480 e. The third-order valence-corrected chi connectivity index (χ3v) is 6.87. The predicted octanol–water partition coefficient (Wildman–Crippen LogP) is 2.65. The fourth-order valence-electron chi connectivity index (χ4n) is 4.10. The Hall–Kier alpha value is -2.90. The normalized spacial score (nSPS) is 20.4. The molecule has 0 aliphatic carbocycles. The second-order valence-corrected chi connectivity index (χ2v) is 9.53. The summed E-state index contributed by atoms with van der Waals surface area (Å²) in [5.74, 6) is -1.71. The highest BCUT2D eigenvalue weighted by Gasteiger charge is 2.36. The van der Waals surface area contributed by atoms with Gasteiger partial charge in [-0.2, -0.15) is 0 Å². The molecule has 37 heavy (non-hydrogen) atoms. The Morgan fingerprint density at radius 2 is 2.24 bits per heavy atom. The first-order chi connectivity index (χ1) is 17.9. The summed E-state index contributed by atoms with van der Waals surface area (Å²) in [6.45, 7) is 3.13. The molecule has 2 aromatic rings. The van der Waals surface area contributed by atoms with Gasteiger partial charge in [-0.25, -0.2) is 19.0 Å².